The zero-order valence-corrected chi connectivity index (χ0v) is 11.6. The van der Waals surface area contributed by atoms with Crippen LogP contribution in [0.3, 0.4) is 0 Å². The number of nitrogens with one attached hydrogen (secondary N) is 3. The normalized spacial score (nSPS) is 18.8. The Balaban J connectivity index is 1.94. The van der Waals surface area contributed by atoms with Crippen LogP contribution in [0.15, 0.2) is 17.1 Å². The van der Waals surface area contributed by atoms with Crippen LogP contribution in [-0.4, -0.2) is 30.3 Å². The topological polar surface area (TPSA) is 83.2 Å². The van der Waals surface area contributed by atoms with Gasteiger partial charge in [0.05, 0.1) is 11.7 Å². The van der Waals surface area contributed by atoms with E-state index in [2.05, 4.69) is 10.6 Å². The number of anilines is 1. The molecule has 1 aliphatic rings. The van der Waals surface area contributed by atoms with Gasteiger partial charge in [0.2, 0.25) is 0 Å². The third-order valence-corrected chi connectivity index (χ3v) is 3.24. The first kappa shape index (κ1) is 16.3. The minimum absolute atomic E-state index is 0.112. The lowest BCUT2D eigenvalue weighted by Gasteiger charge is -2.22. The SMILES string of the molecule is O=C(NC[C@H]1CCCCO1)Nc1cc(C(F)(F)F)c[nH]c1=O. The molecule has 122 valence electrons. The summed E-state index contributed by atoms with van der Waals surface area (Å²) in [6.07, 6.45) is -1.37. The van der Waals surface area contributed by atoms with Gasteiger partial charge < -0.3 is 20.4 Å². The molecule has 0 unspecified atom stereocenters. The first-order chi connectivity index (χ1) is 10.4. The molecule has 1 aromatic heterocycles. The van der Waals surface area contributed by atoms with Crippen LogP contribution >= 0.6 is 0 Å². The number of carbonyl (C=O) groups excluding carboxylic acids is 1. The lowest BCUT2D eigenvalue weighted by molar-refractivity contribution is -0.137. The second-order valence-corrected chi connectivity index (χ2v) is 4.95. The molecule has 1 atom stereocenters. The molecular formula is C13H16F3N3O3. The smallest absolute Gasteiger partial charge is 0.376 e. The first-order valence-electron chi connectivity index (χ1n) is 6.82. The van der Waals surface area contributed by atoms with Gasteiger partial charge >= 0.3 is 12.2 Å². The fourth-order valence-electron chi connectivity index (χ4n) is 2.08. The van der Waals surface area contributed by atoms with Crippen LogP contribution in [0.25, 0.3) is 0 Å². The summed E-state index contributed by atoms with van der Waals surface area (Å²) in [4.78, 5) is 25.0. The number of urea groups is 1. The van der Waals surface area contributed by atoms with E-state index in [1.165, 1.54) is 0 Å². The number of ether oxygens (including phenoxy) is 1. The van der Waals surface area contributed by atoms with E-state index >= 15 is 0 Å². The number of carbonyl (C=O) groups is 1. The summed E-state index contributed by atoms with van der Waals surface area (Å²) in [6.45, 7) is 0.865. The highest BCUT2D eigenvalue weighted by atomic mass is 19.4. The Morgan fingerprint density at radius 2 is 2.18 bits per heavy atom. The van der Waals surface area contributed by atoms with E-state index in [4.69, 9.17) is 4.74 Å². The largest absolute Gasteiger partial charge is 0.417 e. The van der Waals surface area contributed by atoms with Gasteiger partial charge in [-0.15, -0.1) is 0 Å². The standard InChI is InChI=1S/C13H16F3N3O3/c14-13(15,16)8-5-10(11(20)17-6-8)19-12(21)18-7-9-3-1-2-4-22-9/h5-6,9H,1-4,7H2,(H,17,20)(H2,18,19,21)/t9-/m1/s1. The zero-order valence-electron chi connectivity index (χ0n) is 11.6. The van der Waals surface area contributed by atoms with Crippen molar-refractivity contribution in [3.05, 3.63) is 28.2 Å². The minimum Gasteiger partial charge on any atom is -0.376 e. The molecule has 0 aromatic carbocycles. The molecule has 1 saturated heterocycles. The van der Waals surface area contributed by atoms with Gasteiger partial charge in [0, 0.05) is 19.3 Å². The predicted octanol–water partition coefficient (Wildman–Crippen LogP) is 2.08. The molecule has 22 heavy (non-hydrogen) atoms. The first-order valence-corrected chi connectivity index (χ1v) is 6.82. The predicted molar refractivity (Wildman–Crippen MR) is 72.7 cm³/mol. The van der Waals surface area contributed by atoms with Gasteiger partial charge in [-0.1, -0.05) is 0 Å². The van der Waals surface area contributed by atoms with Crippen molar-refractivity contribution in [3.8, 4) is 0 Å². The van der Waals surface area contributed by atoms with E-state index in [0.29, 0.717) is 18.9 Å². The van der Waals surface area contributed by atoms with E-state index in [9.17, 15) is 22.8 Å². The van der Waals surface area contributed by atoms with E-state index in [0.717, 1.165) is 19.3 Å². The van der Waals surface area contributed by atoms with E-state index in [1.807, 2.05) is 4.98 Å². The summed E-state index contributed by atoms with van der Waals surface area (Å²) in [5, 5.41) is 4.59. The summed E-state index contributed by atoms with van der Waals surface area (Å²) >= 11 is 0. The van der Waals surface area contributed by atoms with Gasteiger partial charge in [0.25, 0.3) is 5.56 Å². The van der Waals surface area contributed by atoms with E-state index in [1.54, 1.807) is 0 Å². The summed E-state index contributed by atoms with van der Waals surface area (Å²) < 4.78 is 43.1. The molecule has 6 nitrogen and oxygen atoms in total. The third-order valence-electron chi connectivity index (χ3n) is 3.24. The van der Waals surface area contributed by atoms with E-state index in [-0.39, 0.29) is 12.6 Å². The van der Waals surface area contributed by atoms with Crippen molar-refractivity contribution < 1.29 is 22.7 Å². The van der Waals surface area contributed by atoms with Gasteiger partial charge in [0.15, 0.2) is 0 Å². The lowest BCUT2D eigenvalue weighted by Crippen LogP contribution is -2.38. The van der Waals surface area contributed by atoms with Crippen LogP contribution in [0, 0.1) is 0 Å². The number of aromatic nitrogens is 1. The molecule has 2 rings (SSSR count). The average Bonchev–Trinajstić information content (AvgIpc) is 2.47. The number of aromatic amines is 1. The molecule has 1 aromatic rings. The van der Waals surface area contributed by atoms with Crippen LogP contribution in [0.5, 0.6) is 0 Å². The molecule has 1 fully saturated rings. The third kappa shape index (κ3) is 4.48. The highest BCUT2D eigenvalue weighted by molar-refractivity contribution is 5.89. The van der Waals surface area contributed by atoms with Crippen LogP contribution in [0.1, 0.15) is 24.8 Å². The summed E-state index contributed by atoms with van der Waals surface area (Å²) in [5.41, 5.74) is -2.31. The average molecular weight is 319 g/mol. The Kier molecular flexibility index (Phi) is 5.07. The van der Waals surface area contributed by atoms with Crippen molar-refractivity contribution in [2.45, 2.75) is 31.5 Å². The summed E-state index contributed by atoms with van der Waals surface area (Å²) in [5.74, 6) is 0. The molecule has 2 heterocycles. The number of hydrogen-bond donors (Lipinski definition) is 3. The Morgan fingerprint density at radius 3 is 2.82 bits per heavy atom. The monoisotopic (exact) mass is 319 g/mol. The van der Waals surface area contributed by atoms with Gasteiger partial charge in [-0.05, 0) is 25.3 Å². The van der Waals surface area contributed by atoms with Gasteiger partial charge in [-0.25, -0.2) is 4.79 Å². The van der Waals surface area contributed by atoms with Crippen molar-refractivity contribution in [3.63, 3.8) is 0 Å². The Bertz CT molecular complexity index is 580. The van der Waals surface area contributed by atoms with Crippen molar-refractivity contribution in [1.29, 1.82) is 0 Å². The molecule has 1 aliphatic heterocycles. The van der Waals surface area contributed by atoms with Crippen molar-refractivity contribution in [1.82, 2.24) is 10.3 Å². The molecule has 0 saturated carbocycles. The number of rotatable bonds is 3. The molecule has 9 heteroatoms. The van der Waals surface area contributed by atoms with Crippen molar-refractivity contribution in [2.24, 2.45) is 0 Å². The van der Waals surface area contributed by atoms with Crippen molar-refractivity contribution >= 4 is 11.7 Å². The van der Waals surface area contributed by atoms with Gasteiger partial charge in [-0.2, -0.15) is 13.2 Å². The maximum absolute atomic E-state index is 12.6. The quantitative estimate of drug-likeness (QED) is 0.797. The van der Waals surface area contributed by atoms with Crippen LogP contribution in [0.4, 0.5) is 23.7 Å². The highest BCUT2D eigenvalue weighted by Crippen LogP contribution is 2.29. The lowest BCUT2D eigenvalue weighted by atomic mass is 10.1. The second kappa shape index (κ2) is 6.82. The molecule has 0 bridgehead atoms. The Hall–Kier alpha value is -2.03. The fraction of sp³-hybridized carbons (Fsp3) is 0.538. The maximum Gasteiger partial charge on any atom is 0.417 e. The summed E-state index contributed by atoms with van der Waals surface area (Å²) in [7, 11) is 0. The van der Waals surface area contributed by atoms with Gasteiger partial charge in [0.1, 0.15) is 5.69 Å². The maximum atomic E-state index is 12.6. The highest BCUT2D eigenvalue weighted by Gasteiger charge is 2.31. The number of H-pyrrole nitrogens is 1. The van der Waals surface area contributed by atoms with Crippen LogP contribution < -0.4 is 16.2 Å². The summed E-state index contributed by atoms with van der Waals surface area (Å²) in [6, 6.07) is -0.158. The second-order valence-electron chi connectivity index (χ2n) is 4.95. The zero-order chi connectivity index (χ0) is 16.2. The molecule has 3 N–H and O–H groups in total. The molecule has 2 amide bonds. The van der Waals surface area contributed by atoms with E-state index < -0.39 is 29.0 Å². The fourth-order valence-corrected chi connectivity index (χ4v) is 2.08. The Labute approximate surface area is 124 Å². The molecule has 0 radical (unpaired) electrons. The van der Waals surface area contributed by atoms with Crippen molar-refractivity contribution in [2.75, 3.05) is 18.5 Å². The van der Waals surface area contributed by atoms with Gasteiger partial charge in [-0.3, -0.25) is 4.79 Å². The number of amides is 2. The Morgan fingerprint density at radius 1 is 1.41 bits per heavy atom. The minimum atomic E-state index is -4.60. The molecule has 0 spiro atoms. The number of alkyl halides is 3. The number of pyridine rings is 1. The molecule has 0 aliphatic carbocycles. The van der Waals surface area contributed by atoms with Crippen LogP contribution in [-0.2, 0) is 10.9 Å². The number of halogens is 3. The molecular weight excluding hydrogens is 303 g/mol. The van der Waals surface area contributed by atoms with Crippen LogP contribution in [0.2, 0.25) is 0 Å². The number of hydrogen-bond acceptors (Lipinski definition) is 3.